The van der Waals surface area contributed by atoms with Crippen molar-refractivity contribution < 1.29 is 19.1 Å². The zero-order valence-corrected chi connectivity index (χ0v) is 16.5. The molecule has 0 aromatic heterocycles. The first-order valence-electron chi connectivity index (χ1n) is 8.55. The van der Waals surface area contributed by atoms with E-state index in [0.717, 1.165) is 5.56 Å². The first kappa shape index (κ1) is 19.8. The van der Waals surface area contributed by atoms with Crippen molar-refractivity contribution in [3.8, 4) is 11.5 Å². The minimum absolute atomic E-state index is 0.0977. The lowest BCUT2D eigenvalue weighted by molar-refractivity contribution is 0.131. The van der Waals surface area contributed by atoms with Crippen LogP contribution in [0.25, 0.3) is 0 Å². The minimum atomic E-state index is -0.328. The second-order valence-electron chi connectivity index (χ2n) is 6.00. The first-order chi connectivity index (χ1) is 13.5. The van der Waals surface area contributed by atoms with E-state index in [1.165, 1.54) is 5.01 Å². The van der Waals surface area contributed by atoms with E-state index in [9.17, 15) is 4.79 Å². The van der Waals surface area contributed by atoms with E-state index >= 15 is 0 Å². The topological polar surface area (TPSA) is 84.4 Å². The first-order valence-corrected chi connectivity index (χ1v) is 8.93. The number of carbonyl (C=O) groups excluding carboxylic acids is 1. The molecule has 1 aliphatic rings. The van der Waals surface area contributed by atoms with Gasteiger partial charge >= 0.3 is 6.03 Å². The number of oxime groups is 1. The Morgan fingerprint density at radius 2 is 2.07 bits per heavy atom. The summed E-state index contributed by atoms with van der Waals surface area (Å²) >= 11 is 6.28. The summed E-state index contributed by atoms with van der Waals surface area (Å²) in [5, 5.41) is 8.72. The van der Waals surface area contributed by atoms with Gasteiger partial charge in [-0.3, -0.25) is 5.01 Å². The van der Waals surface area contributed by atoms with Crippen LogP contribution in [0.15, 0.2) is 41.6 Å². The third-order valence-electron chi connectivity index (χ3n) is 4.20. The molecule has 0 fully saturated rings. The molecule has 0 atom stereocenters. The average Bonchev–Trinajstić information content (AvgIpc) is 3.17. The van der Waals surface area contributed by atoms with Crippen molar-refractivity contribution in [3.05, 3.63) is 52.5 Å². The SMILES string of the molecule is CNN(C)C(=O)Nc1cccc(Cl)c1CO/N=C(\C)c1ccc2c(c1)OCO2. The fraction of sp³-hybridized carbons (Fsp3) is 0.263. The number of anilines is 1. The van der Waals surface area contributed by atoms with Gasteiger partial charge in [0.05, 0.1) is 11.4 Å². The molecule has 0 bridgehead atoms. The number of hydrogen-bond acceptors (Lipinski definition) is 6. The van der Waals surface area contributed by atoms with Crippen molar-refractivity contribution >= 4 is 29.0 Å². The molecule has 0 unspecified atom stereocenters. The van der Waals surface area contributed by atoms with Crippen LogP contribution in [0.5, 0.6) is 11.5 Å². The van der Waals surface area contributed by atoms with Crippen LogP contribution in [-0.2, 0) is 11.4 Å². The molecule has 1 heterocycles. The Balaban J connectivity index is 1.70. The van der Waals surface area contributed by atoms with Crippen LogP contribution in [-0.4, -0.2) is 37.6 Å². The Hall–Kier alpha value is -2.97. The number of fused-ring (bicyclic) bond motifs is 1. The number of halogens is 1. The molecule has 1 aliphatic heterocycles. The number of rotatable bonds is 6. The second kappa shape index (κ2) is 8.81. The molecule has 2 N–H and O–H groups in total. The summed E-state index contributed by atoms with van der Waals surface area (Å²) in [5.41, 5.74) is 5.44. The summed E-state index contributed by atoms with van der Waals surface area (Å²) in [4.78, 5) is 17.6. The van der Waals surface area contributed by atoms with Crippen LogP contribution in [0, 0.1) is 0 Å². The van der Waals surface area contributed by atoms with Gasteiger partial charge in [0.15, 0.2) is 11.5 Å². The van der Waals surface area contributed by atoms with E-state index in [4.69, 9.17) is 25.9 Å². The molecule has 2 amide bonds. The molecule has 2 aromatic carbocycles. The zero-order valence-electron chi connectivity index (χ0n) is 15.8. The van der Waals surface area contributed by atoms with Crippen molar-refractivity contribution in [1.29, 1.82) is 0 Å². The summed E-state index contributed by atoms with van der Waals surface area (Å²) < 4.78 is 10.7. The van der Waals surface area contributed by atoms with E-state index in [-0.39, 0.29) is 19.4 Å². The van der Waals surface area contributed by atoms with Gasteiger partial charge < -0.3 is 19.6 Å². The Kier molecular flexibility index (Phi) is 6.23. The number of hydrazine groups is 1. The predicted octanol–water partition coefficient (Wildman–Crippen LogP) is 3.61. The van der Waals surface area contributed by atoms with E-state index in [0.29, 0.717) is 33.5 Å². The maximum atomic E-state index is 12.1. The highest BCUT2D eigenvalue weighted by molar-refractivity contribution is 6.31. The molecule has 0 aliphatic carbocycles. The highest BCUT2D eigenvalue weighted by atomic mass is 35.5. The number of benzene rings is 2. The normalized spacial score (nSPS) is 12.6. The van der Waals surface area contributed by atoms with Gasteiger partial charge in [0.25, 0.3) is 0 Å². The molecule has 2 aromatic rings. The van der Waals surface area contributed by atoms with Gasteiger partial charge in [-0.05, 0) is 37.3 Å². The van der Waals surface area contributed by atoms with Gasteiger partial charge in [0.2, 0.25) is 6.79 Å². The minimum Gasteiger partial charge on any atom is -0.454 e. The monoisotopic (exact) mass is 404 g/mol. The third-order valence-corrected chi connectivity index (χ3v) is 4.56. The quantitative estimate of drug-likeness (QED) is 0.567. The Bertz CT molecular complexity index is 903. The standard InChI is InChI=1S/C19H21ClN4O4/c1-12(13-7-8-17-18(9-13)27-11-26-17)23-28-10-14-15(20)5-4-6-16(14)22-19(25)24(3)21-2/h4-9,21H,10-11H2,1-3H3,(H,22,25)/b23-12+. The number of carbonyl (C=O) groups is 1. The van der Waals surface area contributed by atoms with Crippen LogP contribution in [0.2, 0.25) is 5.02 Å². The van der Waals surface area contributed by atoms with Gasteiger partial charge in [0, 0.05) is 30.2 Å². The highest BCUT2D eigenvalue weighted by Crippen LogP contribution is 2.32. The lowest BCUT2D eigenvalue weighted by Gasteiger charge is -2.18. The molecule has 0 radical (unpaired) electrons. The number of hydrogen-bond donors (Lipinski definition) is 2. The average molecular weight is 405 g/mol. The lowest BCUT2D eigenvalue weighted by atomic mass is 10.1. The molecule has 0 saturated carbocycles. The maximum absolute atomic E-state index is 12.1. The molecule has 0 spiro atoms. The van der Waals surface area contributed by atoms with Crippen LogP contribution < -0.4 is 20.2 Å². The van der Waals surface area contributed by atoms with Gasteiger partial charge in [-0.1, -0.05) is 22.8 Å². The fourth-order valence-corrected chi connectivity index (χ4v) is 2.72. The molecule has 8 nitrogen and oxygen atoms in total. The molecular weight excluding hydrogens is 384 g/mol. The lowest BCUT2D eigenvalue weighted by Crippen LogP contribution is -2.40. The Labute approximate surface area is 168 Å². The summed E-state index contributed by atoms with van der Waals surface area (Å²) in [7, 11) is 3.25. The summed E-state index contributed by atoms with van der Waals surface area (Å²) in [5.74, 6) is 1.39. The Morgan fingerprint density at radius 1 is 1.29 bits per heavy atom. The van der Waals surface area contributed by atoms with Crippen LogP contribution in [0.4, 0.5) is 10.5 Å². The number of nitrogens with zero attached hydrogens (tertiary/aromatic N) is 2. The van der Waals surface area contributed by atoms with Crippen LogP contribution in [0.1, 0.15) is 18.1 Å². The van der Waals surface area contributed by atoms with E-state index in [2.05, 4.69) is 15.9 Å². The third kappa shape index (κ3) is 4.47. The number of nitrogens with one attached hydrogen (secondary N) is 2. The molecule has 28 heavy (non-hydrogen) atoms. The molecule has 9 heteroatoms. The fourth-order valence-electron chi connectivity index (χ4n) is 2.49. The number of amides is 2. The smallest absolute Gasteiger partial charge is 0.335 e. The summed E-state index contributed by atoms with van der Waals surface area (Å²) in [6.07, 6.45) is 0. The maximum Gasteiger partial charge on any atom is 0.335 e. The van der Waals surface area contributed by atoms with Gasteiger partial charge in [-0.25, -0.2) is 10.2 Å². The van der Waals surface area contributed by atoms with Crippen LogP contribution in [0.3, 0.4) is 0 Å². The van der Waals surface area contributed by atoms with Gasteiger partial charge in [-0.2, -0.15) is 0 Å². The van der Waals surface area contributed by atoms with Crippen molar-refractivity contribution in [1.82, 2.24) is 10.4 Å². The molecule has 148 valence electrons. The van der Waals surface area contributed by atoms with Crippen molar-refractivity contribution in [2.45, 2.75) is 13.5 Å². The van der Waals surface area contributed by atoms with E-state index < -0.39 is 0 Å². The largest absolute Gasteiger partial charge is 0.454 e. The number of urea groups is 1. The molecular formula is C19H21ClN4O4. The highest BCUT2D eigenvalue weighted by Gasteiger charge is 2.15. The second-order valence-corrected chi connectivity index (χ2v) is 6.40. The summed E-state index contributed by atoms with van der Waals surface area (Å²) in [6, 6.07) is 10.5. The molecule has 0 saturated heterocycles. The van der Waals surface area contributed by atoms with Crippen molar-refractivity contribution in [3.63, 3.8) is 0 Å². The zero-order chi connectivity index (χ0) is 20.1. The van der Waals surface area contributed by atoms with Crippen molar-refractivity contribution in [2.75, 3.05) is 26.2 Å². The molecule has 3 rings (SSSR count). The van der Waals surface area contributed by atoms with Gasteiger partial charge in [-0.15, -0.1) is 0 Å². The Morgan fingerprint density at radius 3 is 2.86 bits per heavy atom. The van der Waals surface area contributed by atoms with Gasteiger partial charge in [0.1, 0.15) is 6.61 Å². The van der Waals surface area contributed by atoms with E-state index in [1.54, 1.807) is 32.3 Å². The van der Waals surface area contributed by atoms with Crippen molar-refractivity contribution in [2.24, 2.45) is 5.16 Å². The predicted molar refractivity (Wildman–Crippen MR) is 107 cm³/mol. The summed E-state index contributed by atoms with van der Waals surface area (Å²) in [6.45, 7) is 2.14. The van der Waals surface area contributed by atoms with Crippen LogP contribution >= 0.6 is 11.6 Å². The van der Waals surface area contributed by atoms with E-state index in [1.807, 2.05) is 25.1 Å². The number of ether oxygens (including phenoxy) is 2.